The van der Waals surface area contributed by atoms with Crippen LogP contribution in [0, 0.1) is 13.8 Å². The number of carbonyl (C=O) groups excluding carboxylic acids is 1. The van der Waals surface area contributed by atoms with Crippen LogP contribution in [0.1, 0.15) is 40.6 Å². The molecule has 2 aromatic heterocycles. The first-order chi connectivity index (χ1) is 10.1. The van der Waals surface area contributed by atoms with Crippen LogP contribution < -0.4 is 5.56 Å². The Hall–Kier alpha value is -1.82. The van der Waals surface area contributed by atoms with E-state index in [9.17, 15) is 9.59 Å². The first-order valence-corrected chi connectivity index (χ1v) is 7.94. The summed E-state index contributed by atoms with van der Waals surface area (Å²) in [5.41, 5.74) is 2.78. The van der Waals surface area contributed by atoms with Gasteiger partial charge in [-0.15, -0.1) is 0 Å². The lowest BCUT2D eigenvalue weighted by Crippen LogP contribution is -2.09. The number of aromatic amines is 1. The van der Waals surface area contributed by atoms with Gasteiger partial charge in [-0.2, -0.15) is 0 Å². The van der Waals surface area contributed by atoms with E-state index in [1.54, 1.807) is 0 Å². The van der Waals surface area contributed by atoms with E-state index in [2.05, 4.69) is 14.5 Å². The summed E-state index contributed by atoms with van der Waals surface area (Å²) in [4.78, 5) is 30.2. The highest BCUT2D eigenvalue weighted by Crippen LogP contribution is 2.38. The average molecular weight is 303 g/mol. The lowest BCUT2D eigenvalue weighted by atomic mass is 10.2. The van der Waals surface area contributed by atoms with Gasteiger partial charge in [0, 0.05) is 35.3 Å². The van der Waals surface area contributed by atoms with Crippen LogP contribution in [0.25, 0.3) is 0 Å². The number of nitrogens with one attached hydrogen (secondary N) is 1. The van der Waals surface area contributed by atoms with Crippen LogP contribution in [0.3, 0.4) is 0 Å². The Balaban J connectivity index is 1.74. The summed E-state index contributed by atoms with van der Waals surface area (Å²) in [7, 11) is 0. The lowest BCUT2D eigenvalue weighted by Gasteiger charge is -2.07. The van der Waals surface area contributed by atoms with Gasteiger partial charge in [0.25, 0.3) is 5.56 Å². The van der Waals surface area contributed by atoms with Crippen molar-refractivity contribution in [2.75, 3.05) is 5.75 Å². The molecule has 1 aliphatic rings. The topological polar surface area (TPSA) is 67.8 Å². The standard InChI is InChI=1S/C15H17N3O2S/c1-9-7-12(10(2)18(9)11-3-4-11)13(19)8-21-15-16-6-5-14(20)17-15/h5-7,11H,3-4,8H2,1-2H3,(H,16,17,20). The van der Waals surface area contributed by atoms with Gasteiger partial charge < -0.3 is 9.55 Å². The predicted octanol–water partition coefficient (Wildman–Crippen LogP) is 2.50. The number of aromatic nitrogens is 3. The number of carbonyl (C=O) groups is 1. The minimum atomic E-state index is -0.202. The molecule has 0 aliphatic heterocycles. The quantitative estimate of drug-likeness (QED) is 0.523. The van der Waals surface area contributed by atoms with Crippen molar-refractivity contribution >= 4 is 17.5 Å². The van der Waals surface area contributed by atoms with E-state index in [0.29, 0.717) is 11.2 Å². The first kappa shape index (κ1) is 14.1. The van der Waals surface area contributed by atoms with Gasteiger partial charge in [0.05, 0.1) is 5.75 Å². The second-order valence-corrected chi connectivity index (χ2v) is 6.30. The van der Waals surface area contributed by atoms with Crippen LogP contribution in [0.4, 0.5) is 0 Å². The molecule has 0 amide bonds. The molecule has 3 rings (SSSR count). The van der Waals surface area contributed by atoms with Crippen LogP contribution in [0.5, 0.6) is 0 Å². The molecule has 0 bridgehead atoms. The number of aryl methyl sites for hydroxylation is 1. The highest BCUT2D eigenvalue weighted by molar-refractivity contribution is 7.99. The Morgan fingerprint density at radius 1 is 1.48 bits per heavy atom. The molecule has 0 atom stereocenters. The van der Waals surface area contributed by atoms with Gasteiger partial charge in [-0.05, 0) is 32.8 Å². The smallest absolute Gasteiger partial charge is 0.251 e. The van der Waals surface area contributed by atoms with Crippen molar-refractivity contribution in [2.24, 2.45) is 0 Å². The summed E-state index contributed by atoms with van der Waals surface area (Å²) >= 11 is 1.26. The van der Waals surface area contributed by atoms with Crippen molar-refractivity contribution in [3.63, 3.8) is 0 Å². The van der Waals surface area contributed by atoms with Crippen LogP contribution in [0.15, 0.2) is 28.3 Å². The molecule has 1 N–H and O–H groups in total. The van der Waals surface area contributed by atoms with Crippen LogP contribution in [-0.4, -0.2) is 26.1 Å². The fourth-order valence-corrected chi connectivity index (χ4v) is 3.32. The van der Waals surface area contributed by atoms with E-state index in [0.717, 1.165) is 17.0 Å². The Morgan fingerprint density at radius 2 is 2.24 bits per heavy atom. The zero-order chi connectivity index (χ0) is 15.0. The molecule has 6 heteroatoms. The summed E-state index contributed by atoms with van der Waals surface area (Å²) in [6, 6.07) is 3.90. The van der Waals surface area contributed by atoms with Gasteiger partial charge in [-0.1, -0.05) is 11.8 Å². The first-order valence-electron chi connectivity index (χ1n) is 6.96. The van der Waals surface area contributed by atoms with Crippen molar-refractivity contribution < 1.29 is 4.79 Å². The number of hydrogen-bond donors (Lipinski definition) is 1. The fourth-order valence-electron chi connectivity index (χ4n) is 2.59. The summed E-state index contributed by atoms with van der Waals surface area (Å²) in [5.74, 6) is 0.355. The number of hydrogen-bond acceptors (Lipinski definition) is 4. The molecule has 0 saturated heterocycles. The number of H-pyrrole nitrogens is 1. The number of rotatable bonds is 5. The van der Waals surface area contributed by atoms with Crippen molar-refractivity contribution in [3.8, 4) is 0 Å². The monoisotopic (exact) mass is 303 g/mol. The highest BCUT2D eigenvalue weighted by atomic mass is 32.2. The van der Waals surface area contributed by atoms with Crippen molar-refractivity contribution in [1.29, 1.82) is 0 Å². The second-order valence-electron chi connectivity index (χ2n) is 5.34. The molecule has 1 aliphatic carbocycles. The van der Waals surface area contributed by atoms with E-state index in [1.165, 1.54) is 36.9 Å². The maximum Gasteiger partial charge on any atom is 0.251 e. The van der Waals surface area contributed by atoms with E-state index >= 15 is 0 Å². The fraction of sp³-hybridized carbons (Fsp3) is 0.400. The molecular weight excluding hydrogens is 286 g/mol. The second kappa shape index (κ2) is 5.52. The van der Waals surface area contributed by atoms with Gasteiger partial charge in [-0.3, -0.25) is 9.59 Å². The van der Waals surface area contributed by atoms with Crippen molar-refractivity contribution in [2.45, 2.75) is 37.9 Å². The zero-order valence-electron chi connectivity index (χ0n) is 12.0. The Morgan fingerprint density at radius 3 is 2.90 bits per heavy atom. The summed E-state index contributed by atoms with van der Waals surface area (Å²) in [6.07, 6.45) is 3.85. The normalized spacial score (nSPS) is 14.4. The third-order valence-corrected chi connectivity index (χ3v) is 4.57. The average Bonchev–Trinajstić information content (AvgIpc) is 3.22. The molecule has 21 heavy (non-hydrogen) atoms. The number of Topliss-reactive ketones (excluding diaryl/α,β-unsaturated/α-hetero) is 1. The molecule has 110 valence electrons. The molecule has 0 radical (unpaired) electrons. The minimum absolute atomic E-state index is 0.0755. The molecule has 2 aromatic rings. The maximum atomic E-state index is 12.4. The summed E-state index contributed by atoms with van der Waals surface area (Å²) in [5, 5.41) is 0.479. The molecular formula is C15H17N3O2S. The van der Waals surface area contributed by atoms with Crippen molar-refractivity contribution in [1.82, 2.24) is 14.5 Å². The van der Waals surface area contributed by atoms with Crippen LogP contribution >= 0.6 is 11.8 Å². The Kier molecular flexibility index (Phi) is 3.71. The van der Waals surface area contributed by atoms with Gasteiger partial charge in [0.2, 0.25) is 0 Å². The maximum absolute atomic E-state index is 12.4. The van der Waals surface area contributed by atoms with Gasteiger partial charge in [0.15, 0.2) is 10.9 Å². The van der Waals surface area contributed by atoms with Crippen LogP contribution in [0.2, 0.25) is 0 Å². The van der Waals surface area contributed by atoms with Gasteiger partial charge in [0.1, 0.15) is 0 Å². The molecule has 1 fully saturated rings. The van der Waals surface area contributed by atoms with Crippen molar-refractivity contribution in [3.05, 3.63) is 45.6 Å². The minimum Gasteiger partial charge on any atom is -0.345 e. The van der Waals surface area contributed by atoms with E-state index in [1.807, 2.05) is 19.9 Å². The predicted molar refractivity (Wildman–Crippen MR) is 82.1 cm³/mol. The number of ketones is 1. The molecule has 0 spiro atoms. The van der Waals surface area contributed by atoms with Gasteiger partial charge in [-0.25, -0.2) is 4.98 Å². The summed E-state index contributed by atoms with van der Waals surface area (Å²) in [6.45, 7) is 4.05. The summed E-state index contributed by atoms with van der Waals surface area (Å²) < 4.78 is 2.26. The van der Waals surface area contributed by atoms with E-state index in [-0.39, 0.29) is 17.1 Å². The molecule has 0 aromatic carbocycles. The highest BCUT2D eigenvalue weighted by Gasteiger charge is 2.28. The lowest BCUT2D eigenvalue weighted by molar-refractivity contribution is 0.102. The SMILES string of the molecule is Cc1cc(C(=O)CSc2nccc(=O)[nH]2)c(C)n1C1CC1. The number of thioether (sulfide) groups is 1. The Bertz CT molecular complexity index is 744. The molecule has 2 heterocycles. The van der Waals surface area contributed by atoms with E-state index in [4.69, 9.17) is 0 Å². The third-order valence-electron chi connectivity index (χ3n) is 3.68. The van der Waals surface area contributed by atoms with E-state index < -0.39 is 0 Å². The molecule has 0 unspecified atom stereocenters. The van der Waals surface area contributed by atoms with Crippen LogP contribution in [-0.2, 0) is 0 Å². The largest absolute Gasteiger partial charge is 0.345 e. The Labute approximate surface area is 126 Å². The van der Waals surface area contributed by atoms with Gasteiger partial charge >= 0.3 is 0 Å². The third kappa shape index (κ3) is 2.95. The molecule has 1 saturated carbocycles. The molecule has 5 nitrogen and oxygen atoms in total. The number of nitrogens with zero attached hydrogens (tertiary/aromatic N) is 2. The zero-order valence-corrected chi connectivity index (χ0v) is 12.9.